The predicted octanol–water partition coefficient (Wildman–Crippen LogP) is 4.75. The highest BCUT2D eigenvalue weighted by atomic mass is 16.6. The smallest absolute Gasteiger partial charge is 0.270 e. The molecule has 122 valence electrons. The van der Waals surface area contributed by atoms with Gasteiger partial charge in [-0.1, -0.05) is 24.3 Å². The number of anilines is 1. The summed E-state index contributed by atoms with van der Waals surface area (Å²) in [5.41, 5.74) is 2.10. The molecule has 6 nitrogen and oxygen atoms in total. The minimum absolute atomic E-state index is 0.125. The van der Waals surface area contributed by atoms with E-state index in [2.05, 4.69) is 5.32 Å². The zero-order valence-electron chi connectivity index (χ0n) is 12.9. The highest BCUT2D eigenvalue weighted by Gasteiger charge is 2.13. The number of furan rings is 1. The molecular weight excluding hydrogens is 320 g/mol. The third-order valence-electron chi connectivity index (χ3n) is 3.96. The highest BCUT2D eigenvalue weighted by molar-refractivity contribution is 6.08. The van der Waals surface area contributed by atoms with Crippen LogP contribution in [0.2, 0.25) is 0 Å². The molecule has 4 aromatic rings. The Hall–Kier alpha value is -3.67. The molecule has 1 N–H and O–H groups in total. The Kier molecular flexibility index (Phi) is 3.43. The van der Waals surface area contributed by atoms with Crippen molar-refractivity contribution in [3.8, 4) is 0 Å². The number of benzene rings is 3. The van der Waals surface area contributed by atoms with E-state index >= 15 is 0 Å². The maximum atomic E-state index is 12.3. The Labute approximate surface area is 141 Å². The van der Waals surface area contributed by atoms with Crippen molar-refractivity contribution in [3.63, 3.8) is 0 Å². The van der Waals surface area contributed by atoms with Gasteiger partial charge in [-0.05, 0) is 24.3 Å². The van der Waals surface area contributed by atoms with Gasteiger partial charge in [-0.3, -0.25) is 14.9 Å². The number of nitrogens with zero attached hydrogens (tertiary/aromatic N) is 1. The van der Waals surface area contributed by atoms with E-state index in [0.717, 1.165) is 16.4 Å². The van der Waals surface area contributed by atoms with E-state index in [1.807, 2.05) is 30.3 Å². The third kappa shape index (κ3) is 2.70. The summed E-state index contributed by atoms with van der Waals surface area (Å²) in [6.07, 6.45) is 0. The first-order chi connectivity index (χ1) is 12.1. The minimum atomic E-state index is -0.531. The number of carbonyl (C=O) groups excluding carboxylic acids is 1. The van der Waals surface area contributed by atoms with Gasteiger partial charge in [0.25, 0.3) is 11.6 Å². The summed E-state index contributed by atoms with van der Waals surface area (Å²) in [5.74, 6) is -0.417. The van der Waals surface area contributed by atoms with Gasteiger partial charge < -0.3 is 9.73 Å². The van der Waals surface area contributed by atoms with Crippen LogP contribution in [-0.4, -0.2) is 10.8 Å². The van der Waals surface area contributed by atoms with Gasteiger partial charge in [-0.2, -0.15) is 0 Å². The molecule has 1 heterocycles. The maximum absolute atomic E-state index is 12.3. The van der Waals surface area contributed by atoms with E-state index in [1.165, 1.54) is 24.3 Å². The molecule has 0 unspecified atom stereocenters. The molecule has 0 atom stereocenters. The van der Waals surface area contributed by atoms with Crippen molar-refractivity contribution < 1.29 is 14.1 Å². The summed E-state index contributed by atoms with van der Waals surface area (Å²) in [4.78, 5) is 22.6. The van der Waals surface area contributed by atoms with Crippen molar-refractivity contribution in [2.24, 2.45) is 0 Å². The molecule has 0 aliphatic rings. The van der Waals surface area contributed by atoms with Crippen LogP contribution in [0.1, 0.15) is 10.4 Å². The van der Waals surface area contributed by atoms with Crippen LogP contribution >= 0.6 is 0 Å². The Balaban J connectivity index is 1.66. The standard InChI is InChI=1S/C19H12N2O4/c22-19(12-4-3-5-14(10-12)21(23)24)20-13-8-9-16-15-6-1-2-7-17(15)25-18(16)11-13/h1-11H,(H,20,22). The first-order valence-corrected chi connectivity index (χ1v) is 7.59. The number of fused-ring (bicyclic) bond motifs is 3. The molecule has 0 saturated heterocycles. The van der Waals surface area contributed by atoms with Crippen LogP contribution in [-0.2, 0) is 0 Å². The van der Waals surface area contributed by atoms with Gasteiger partial charge in [0.2, 0.25) is 0 Å². The Morgan fingerprint density at radius 3 is 2.56 bits per heavy atom. The van der Waals surface area contributed by atoms with Crippen molar-refractivity contribution in [2.75, 3.05) is 5.32 Å². The second-order valence-corrected chi connectivity index (χ2v) is 5.57. The van der Waals surface area contributed by atoms with Crippen LogP contribution in [0, 0.1) is 10.1 Å². The molecule has 3 aromatic carbocycles. The lowest BCUT2D eigenvalue weighted by atomic mass is 10.1. The molecule has 1 amide bonds. The molecule has 0 aliphatic heterocycles. The Morgan fingerprint density at radius 1 is 0.920 bits per heavy atom. The van der Waals surface area contributed by atoms with Gasteiger partial charge in [0.1, 0.15) is 11.2 Å². The quantitative estimate of drug-likeness (QED) is 0.433. The van der Waals surface area contributed by atoms with E-state index in [1.54, 1.807) is 12.1 Å². The lowest BCUT2D eigenvalue weighted by molar-refractivity contribution is -0.384. The number of hydrogen-bond donors (Lipinski definition) is 1. The molecule has 0 radical (unpaired) electrons. The van der Waals surface area contributed by atoms with E-state index in [-0.39, 0.29) is 11.3 Å². The maximum Gasteiger partial charge on any atom is 0.270 e. The fourth-order valence-corrected chi connectivity index (χ4v) is 2.77. The molecule has 6 heteroatoms. The van der Waals surface area contributed by atoms with Gasteiger partial charge in [-0.25, -0.2) is 0 Å². The van der Waals surface area contributed by atoms with E-state index in [4.69, 9.17) is 4.42 Å². The van der Waals surface area contributed by atoms with Gasteiger partial charge in [-0.15, -0.1) is 0 Å². The van der Waals surface area contributed by atoms with Crippen LogP contribution in [0.25, 0.3) is 21.9 Å². The van der Waals surface area contributed by atoms with Crippen molar-refractivity contribution >= 4 is 39.2 Å². The normalized spacial score (nSPS) is 10.9. The average Bonchev–Trinajstić information content (AvgIpc) is 2.99. The van der Waals surface area contributed by atoms with E-state index in [0.29, 0.717) is 11.3 Å². The summed E-state index contributed by atoms with van der Waals surface area (Å²) >= 11 is 0. The van der Waals surface area contributed by atoms with E-state index < -0.39 is 10.8 Å². The summed E-state index contributed by atoms with van der Waals surface area (Å²) < 4.78 is 5.79. The lowest BCUT2D eigenvalue weighted by Crippen LogP contribution is -2.11. The molecule has 25 heavy (non-hydrogen) atoms. The average molecular weight is 332 g/mol. The van der Waals surface area contributed by atoms with Crippen molar-refractivity contribution in [3.05, 3.63) is 82.4 Å². The summed E-state index contributed by atoms with van der Waals surface area (Å²) in [6.45, 7) is 0. The van der Waals surface area contributed by atoms with Crippen LogP contribution in [0.5, 0.6) is 0 Å². The number of hydrogen-bond acceptors (Lipinski definition) is 4. The first kappa shape index (κ1) is 14.9. The van der Waals surface area contributed by atoms with Gasteiger partial charge in [0, 0.05) is 40.2 Å². The highest BCUT2D eigenvalue weighted by Crippen LogP contribution is 2.30. The van der Waals surface area contributed by atoms with Gasteiger partial charge in [0.15, 0.2) is 0 Å². The van der Waals surface area contributed by atoms with Crippen molar-refractivity contribution in [2.45, 2.75) is 0 Å². The molecule has 0 fully saturated rings. The van der Waals surface area contributed by atoms with Crippen LogP contribution < -0.4 is 5.32 Å². The Morgan fingerprint density at radius 2 is 1.72 bits per heavy atom. The summed E-state index contributed by atoms with van der Waals surface area (Å²) in [5, 5.41) is 15.5. The minimum Gasteiger partial charge on any atom is -0.456 e. The zero-order chi connectivity index (χ0) is 17.4. The SMILES string of the molecule is O=C(Nc1ccc2c(c1)oc1ccccc12)c1cccc([N+](=O)[O-])c1. The number of para-hydroxylation sites is 1. The number of amides is 1. The fourth-order valence-electron chi connectivity index (χ4n) is 2.77. The first-order valence-electron chi connectivity index (χ1n) is 7.59. The number of nitrogens with one attached hydrogen (secondary N) is 1. The molecule has 0 bridgehead atoms. The number of carbonyl (C=O) groups is 1. The van der Waals surface area contributed by atoms with Gasteiger partial charge >= 0.3 is 0 Å². The summed E-state index contributed by atoms with van der Waals surface area (Å²) in [6, 6.07) is 18.7. The predicted molar refractivity (Wildman–Crippen MR) is 94.8 cm³/mol. The molecule has 0 spiro atoms. The third-order valence-corrected chi connectivity index (χ3v) is 3.96. The molecule has 1 aromatic heterocycles. The van der Waals surface area contributed by atoms with Crippen LogP contribution in [0.4, 0.5) is 11.4 Å². The number of non-ortho nitro benzene ring substituents is 1. The van der Waals surface area contributed by atoms with Crippen LogP contribution in [0.3, 0.4) is 0 Å². The molecule has 0 saturated carbocycles. The largest absolute Gasteiger partial charge is 0.456 e. The second kappa shape index (κ2) is 5.76. The number of nitro groups is 1. The topological polar surface area (TPSA) is 85.4 Å². The number of nitro benzene ring substituents is 1. The Bertz CT molecular complexity index is 1130. The second-order valence-electron chi connectivity index (χ2n) is 5.57. The molecular formula is C19H12N2O4. The van der Waals surface area contributed by atoms with Gasteiger partial charge in [0.05, 0.1) is 4.92 Å². The lowest BCUT2D eigenvalue weighted by Gasteiger charge is -2.05. The fraction of sp³-hybridized carbons (Fsp3) is 0. The van der Waals surface area contributed by atoms with Crippen LogP contribution in [0.15, 0.2) is 71.1 Å². The molecule has 0 aliphatic carbocycles. The summed E-state index contributed by atoms with van der Waals surface area (Å²) in [7, 11) is 0. The van der Waals surface area contributed by atoms with Crippen molar-refractivity contribution in [1.82, 2.24) is 0 Å². The number of rotatable bonds is 3. The monoisotopic (exact) mass is 332 g/mol. The van der Waals surface area contributed by atoms with Crippen molar-refractivity contribution in [1.29, 1.82) is 0 Å². The van der Waals surface area contributed by atoms with E-state index in [9.17, 15) is 14.9 Å². The molecule has 4 rings (SSSR count). The zero-order valence-corrected chi connectivity index (χ0v) is 12.9.